The van der Waals surface area contributed by atoms with E-state index in [2.05, 4.69) is 37.4 Å². The van der Waals surface area contributed by atoms with Crippen molar-refractivity contribution in [3.05, 3.63) is 47.9 Å². The number of carbonyl (C=O) groups is 1. The number of ether oxygens (including phenoxy) is 1. The first-order valence-corrected chi connectivity index (χ1v) is 11.1. The Hall–Kier alpha value is -2.91. The van der Waals surface area contributed by atoms with Gasteiger partial charge in [-0.25, -0.2) is 14.2 Å². The summed E-state index contributed by atoms with van der Waals surface area (Å²) in [5, 5.41) is 5.55. The highest BCUT2D eigenvalue weighted by molar-refractivity contribution is 5.89. The van der Waals surface area contributed by atoms with Crippen molar-refractivity contribution in [3.8, 4) is 0 Å². The molecule has 2 saturated heterocycles. The molecule has 2 N–H and O–H groups in total. The molecule has 3 heterocycles. The molecule has 8 nitrogen and oxygen atoms in total. The van der Waals surface area contributed by atoms with Crippen molar-refractivity contribution in [1.29, 1.82) is 0 Å². The van der Waals surface area contributed by atoms with E-state index in [-0.39, 0.29) is 11.8 Å². The third-order valence-corrected chi connectivity index (χ3v) is 5.86. The number of morpholine rings is 1. The minimum absolute atomic E-state index is 0.323. The molecule has 2 amide bonds. The second-order valence-electron chi connectivity index (χ2n) is 8.24. The van der Waals surface area contributed by atoms with Crippen molar-refractivity contribution in [2.45, 2.75) is 13.0 Å². The number of carbonyl (C=O) groups excluding carboxylic acids is 1. The maximum absolute atomic E-state index is 14.7. The number of nitrogens with one attached hydrogen (secondary N) is 2. The van der Waals surface area contributed by atoms with Crippen molar-refractivity contribution in [1.82, 2.24) is 15.2 Å². The molecule has 0 bridgehead atoms. The molecule has 2 aliphatic heterocycles. The van der Waals surface area contributed by atoms with Crippen LogP contribution in [0, 0.1) is 5.82 Å². The van der Waals surface area contributed by atoms with Crippen molar-refractivity contribution in [3.63, 3.8) is 0 Å². The normalized spacial score (nSPS) is 17.7. The van der Waals surface area contributed by atoms with E-state index >= 15 is 0 Å². The number of hydrogen-bond donors (Lipinski definition) is 2. The number of urea groups is 1. The van der Waals surface area contributed by atoms with Gasteiger partial charge in [-0.3, -0.25) is 0 Å². The van der Waals surface area contributed by atoms with Crippen molar-refractivity contribution < 1.29 is 13.9 Å². The van der Waals surface area contributed by atoms with Gasteiger partial charge in [0.05, 0.1) is 18.9 Å². The molecule has 0 unspecified atom stereocenters. The number of pyridine rings is 1. The largest absolute Gasteiger partial charge is 0.378 e. The lowest BCUT2D eigenvalue weighted by Crippen LogP contribution is -2.36. The number of amides is 2. The Kier molecular flexibility index (Phi) is 7.39. The summed E-state index contributed by atoms with van der Waals surface area (Å²) < 4.78 is 20.1. The van der Waals surface area contributed by atoms with Gasteiger partial charge in [-0.2, -0.15) is 0 Å². The van der Waals surface area contributed by atoms with Crippen molar-refractivity contribution in [2.24, 2.45) is 0 Å². The fourth-order valence-electron chi connectivity index (χ4n) is 4.02. The number of nitrogens with zero attached hydrogens (tertiary/aromatic N) is 4. The third-order valence-electron chi connectivity index (χ3n) is 5.86. The number of rotatable bonds is 5. The van der Waals surface area contributed by atoms with E-state index in [1.165, 1.54) is 6.07 Å². The quantitative estimate of drug-likeness (QED) is 0.742. The van der Waals surface area contributed by atoms with Crippen LogP contribution >= 0.6 is 0 Å². The van der Waals surface area contributed by atoms with Gasteiger partial charge in [-0.05, 0) is 55.9 Å². The lowest BCUT2D eigenvalue weighted by Gasteiger charge is -2.28. The average molecular weight is 443 g/mol. The fourth-order valence-corrected chi connectivity index (χ4v) is 4.02. The van der Waals surface area contributed by atoms with Crippen LogP contribution in [0.1, 0.15) is 12.0 Å². The molecule has 1 aromatic carbocycles. The third kappa shape index (κ3) is 5.86. The Morgan fingerprint density at radius 3 is 2.72 bits per heavy atom. The van der Waals surface area contributed by atoms with E-state index in [0.29, 0.717) is 31.1 Å². The first-order valence-electron chi connectivity index (χ1n) is 11.1. The highest BCUT2D eigenvalue weighted by Crippen LogP contribution is 2.24. The molecule has 2 aromatic rings. The zero-order valence-corrected chi connectivity index (χ0v) is 18.5. The summed E-state index contributed by atoms with van der Waals surface area (Å²) in [6.45, 7) is 6.89. The van der Waals surface area contributed by atoms with E-state index in [1.807, 2.05) is 12.1 Å². The average Bonchev–Trinajstić information content (AvgIpc) is 3.03. The molecular weight excluding hydrogens is 411 g/mol. The first-order chi connectivity index (χ1) is 15.6. The van der Waals surface area contributed by atoms with E-state index in [1.54, 1.807) is 18.3 Å². The standard InChI is InChI=1S/C23H31FN6O2/c1-28-7-2-8-29(10-9-28)21-4-3-19(16-20(21)24)27-23(31)26-17-18-5-6-25-22(15-18)30-11-13-32-14-12-30/h3-6,15-16H,2,7-14,17H2,1H3,(H2,26,27,31). The molecule has 2 aliphatic rings. The number of likely N-dealkylation sites (N-methyl/N-ethyl adjacent to an activating group) is 1. The Bertz CT molecular complexity index is 921. The molecule has 1 aromatic heterocycles. The highest BCUT2D eigenvalue weighted by atomic mass is 19.1. The molecule has 4 rings (SSSR count). The Morgan fingerprint density at radius 1 is 1.06 bits per heavy atom. The maximum Gasteiger partial charge on any atom is 0.319 e. The minimum atomic E-state index is -0.377. The molecule has 172 valence electrons. The van der Waals surface area contributed by atoms with E-state index < -0.39 is 0 Å². The van der Waals surface area contributed by atoms with Crippen LogP contribution in [0.5, 0.6) is 0 Å². The maximum atomic E-state index is 14.7. The van der Waals surface area contributed by atoms with Crippen LogP contribution in [0.2, 0.25) is 0 Å². The van der Waals surface area contributed by atoms with Gasteiger partial charge < -0.3 is 30.1 Å². The summed E-state index contributed by atoms with van der Waals surface area (Å²) in [6.07, 6.45) is 2.75. The minimum Gasteiger partial charge on any atom is -0.378 e. The smallest absolute Gasteiger partial charge is 0.319 e. The summed E-state index contributed by atoms with van der Waals surface area (Å²) in [5.41, 5.74) is 1.96. The monoisotopic (exact) mass is 442 g/mol. The van der Waals surface area contributed by atoms with Crippen LogP contribution in [-0.2, 0) is 11.3 Å². The van der Waals surface area contributed by atoms with Crippen LogP contribution in [0.15, 0.2) is 36.5 Å². The van der Waals surface area contributed by atoms with Crippen LogP contribution in [0.4, 0.5) is 26.4 Å². The van der Waals surface area contributed by atoms with Gasteiger partial charge in [0.25, 0.3) is 0 Å². The molecule has 0 radical (unpaired) electrons. The summed E-state index contributed by atoms with van der Waals surface area (Å²) in [5.74, 6) is 0.557. The molecule has 9 heteroatoms. The van der Waals surface area contributed by atoms with Gasteiger partial charge >= 0.3 is 6.03 Å². The second-order valence-corrected chi connectivity index (χ2v) is 8.24. The number of hydrogen-bond acceptors (Lipinski definition) is 6. The van der Waals surface area contributed by atoms with Crippen LogP contribution in [-0.4, -0.2) is 75.4 Å². The van der Waals surface area contributed by atoms with Crippen LogP contribution < -0.4 is 20.4 Å². The summed E-state index contributed by atoms with van der Waals surface area (Å²) in [6, 6.07) is 8.34. The SMILES string of the molecule is CN1CCCN(c2ccc(NC(=O)NCc3ccnc(N4CCOCC4)c3)cc2F)CC1. The predicted octanol–water partition coefficient (Wildman–Crippen LogP) is 2.52. The van der Waals surface area contributed by atoms with Crippen LogP contribution in [0.3, 0.4) is 0 Å². The number of halogens is 1. The van der Waals surface area contributed by atoms with Gasteiger partial charge in [0, 0.05) is 51.2 Å². The summed E-state index contributed by atoms with van der Waals surface area (Å²) in [7, 11) is 2.08. The fraction of sp³-hybridized carbons (Fsp3) is 0.478. The number of benzene rings is 1. The Morgan fingerprint density at radius 2 is 1.91 bits per heavy atom. The number of aromatic nitrogens is 1. The van der Waals surface area contributed by atoms with Crippen molar-refractivity contribution >= 4 is 23.2 Å². The summed E-state index contributed by atoms with van der Waals surface area (Å²) >= 11 is 0. The molecule has 0 aliphatic carbocycles. The molecule has 0 atom stereocenters. The topological polar surface area (TPSA) is 73.0 Å². The predicted molar refractivity (Wildman–Crippen MR) is 124 cm³/mol. The molecule has 2 fully saturated rings. The molecule has 0 spiro atoms. The molecule has 0 saturated carbocycles. The number of anilines is 3. The zero-order valence-electron chi connectivity index (χ0n) is 18.5. The van der Waals surface area contributed by atoms with Gasteiger partial charge in [0.1, 0.15) is 11.6 Å². The van der Waals surface area contributed by atoms with E-state index in [4.69, 9.17) is 4.74 Å². The van der Waals surface area contributed by atoms with Gasteiger partial charge in [0.2, 0.25) is 0 Å². The summed E-state index contributed by atoms with van der Waals surface area (Å²) in [4.78, 5) is 23.3. The van der Waals surface area contributed by atoms with Gasteiger partial charge in [-0.15, -0.1) is 0 Å². The zero-order chi connectivity index (χ0) is 22.3. The Labute approximate surface area is 188 Å². The van der Waals surface area contributed by atoms with Crippen LogP contribution in [0.25, 0.3) is 0 Å². The molecule has 32 heavy (non-hydrogen) atoms. The lowest BCUT2D eigenvalue weighted by atomic mass is 10.2. The lowest BCUT2D eigenvalue weighted by molar-refractivity contribution is 0.122. The van der Waals surface area contributed by atoms with Gasteiger partial charge in [-0.1, -0.05) is 0 Å². The second kappa shape index (κ2) is 10.6. The van der Waals surface area contributed by atoms with E-state index in [9.17, 15) is 9.18 Å². The van der Waals surface area contributed by atoms with Gasteiger partial charge in [0.15, 0.2) is 0 Å². The van der Waals surface area contributed by atoms with E-state index in [0.717, 1.165) is 57.1 Å². The first kappa shape index (κ1) is 22.3. The highest BCUT2D eigenvalue weighted by Gasteiger charge is 2.17. The Balaban J connectivity index is 1.31. The molecular formula is C23H31FN6O2. The van der Waals surface area contributed by atoms with Crippen molar-refractivity contribution in [2.75, 3.05) is 74.6 Å².